The van der Waals surface area contributed by atoms with Crippen LogP contribution in [0, 0.1) is 5.92 Å². The van der Waals surface area contributed by atoms with E-state index in [4.69, 9.17) is 4.74 Å². The molecule has 1 aromatic heterocycles. The average Bonchev–Trinajstić information content (AvgIpc) is 3.37. The molecule has 162 valence electrons. The Morgan fingerprint density at radius 1 is 1.30 bits per heavy atom. The monoisotopic (exact) mass is 412 g/mol. The molecular weight excluding hydrogens is 380 g/mol. The van der Waals surface area contributed by atoms with E-state index in [9.17, 15) is 9.59 Å². The summed E-state index contributed by atoms with van der Waals surface area (Å²) in [5, 5.41) is 3.08. The SMILES string of the molecule is C/C=C(\C)CN1CCC([C@]2(c3ccccn3)NC(=O)N(C[C@@H]3CCCO3)C2=O)CC1. The Hall–Kier alpha value is -2.25. The maximum atomic E-state index is 13.8. The number of urea groups is 1. The number of aromatic nitrogens is 1. The fraction of sp³-hybridized carbons (Fsp3) is 0.609. The van der Waals surface area contributed by atoms with Gasteiger partial charge in [0.25, 0.3) is 5.91 Å². The van der Waals surface area contributed by atoms with Crippen LogP contribution in [0.2, 0.25) is 0 Å². The zero-order chi connectivity index (χ0) is 21.1. The molecule has 2 atom stereocenters. The largest absolute Gasteiger partial charge is 0.376 e. The summed E-state index contributed by atoms with van der Waals surface area (Å²) in [4.78, 5) is 35.0. The van der Waals surface area contributed by atoms with Gasteiger partial charge in [-0.2, -0.15) is 0 Å². The maximum absolute atomic E-state index is 13.8. The van der Waals surface area contributed by atoms with Gasteiger partial charge in [0.2, 0.25) is 0 Å². The Morgan fingerprint density at radius 2 is 2.10 bits per heavy atom. The van der Waals surface area contributed by atoms with Gasteiger partial charge in [-0.05, 0) is 70.7 Å². The molecule has 0 aliphatic carbocycles. The number of hydrogen-bond acceptors (Lipinski definition) is 5. The Kier molecular flexibility index (Phi) is 6.20. The van der Waals surface area contributed by atoms with Gasteiger partial charge in [0.15, 0.2) is 5.54 Å². The zero-order valence-electron chi connectivity index (χ0n) is 18.0. The molecule has 1 aromatic rings. The highest BCUT2D eigenvalue weighted by molar-refractivity contribution is 6.07. The van der Waals surface area contributed by atoms with Gasteiger partial charge in [-0.3, -0.25) is 19.6 Å². The highest BCUT2D eigenvalue weighted by atomic mass is 16.5. The second kappa shape index (κ2) is 8.86. The molecule has 3 saturated heterocycles. The van der Waals surface area contributed by atoms with Crippen molar-refractivity contribution < 1.29 is 14.3 Å². The van der Waals surface area contributed by atoms with Crippen molar-refractivity contribution in [3.8, 4) is 0 Å². The molecule has 0 aromatic carbocycles. The van der Waals surface area contributed by atoms with Crippen molar-refractivity contribution in [2.75, 3.05) is 32.8 Å². The van der Waals surface area contributed by atoms with Gasteiger partial charge in [-0.15, -0.1) is 0 Å². The van der Waals surface area contributed by atoms with Gasteiger partial charge < -0.3 is 10.1 Å². The second-order valence-corrected chi connectivity index (χ2v) is 8.69. The van der Waals surface area contributed by atoms with Crippen LogP contribution in [0.3, 0.4) is 0 Å². The van der Waals surface area contributed by atoms with Crippen LogP contribution in [0.4, 0.5) is 4.79 Å². The third-order valence-corrected chi connectivity index (χ3v) is 6.78. The molecule has 4 heterocycles. The van der Waals surface area contributed by atoms with Crippen molar-refractivity contribution in [1.82, 2.24) is 20.1 Å². The van der Waals surface area contributed by atoms with E-state index in [1.54, 1.807) is 6.20 Å². The molecule has 0 saturated carbocycles. The summed E-state index contributed by atoms with van der Waals surface area (Å²) in [5.41, 5.74) is 0.903. The summed E-state index contributed by atoms with van der Waals surface area (Å²) < 4.78 is 5.69. The molecule has 0 spiro atoms. The first kappa shape index (κ1) is 21.0. The predicted octanol–water partition coefficient (Wildman–Crippen LogP) is 2.69. The van der Waals surface area contributed by atoms with Crippen LogP contribution in [-0.4, -0.2) is 65.6 Å². The van der Waals surface area contributed by atoms with Crippen LogP contribution in [0.25, 0.3) is 0 Å². The number of pyridine rings is 1. The molecule has 3 aliphatic heterocycles. The number of imide groups is 1. The van der Waals surface area contributed by atoms with E-state index in [0.717, 1.165) is 45.3 Å². The number of nitrogens with one attached hydrogen (secondary N) is 1. The minimum atomic E-state index is -1.08. The minimum absolute atomic E-state index is 0.0144. The Morgan fingerprint density at radius 3 is 2.73 bits per heavy atom. The first-order valence-electron chi connectivity index (χ1n) is 11.1. The van der Waals surface area contributed by atoms with Gasteiger partial charge in [0.05, 0.1) is 18.3 Å². The summed E-state index contributed by atoms with van der Waals surface area (Å²) in [5.74, 6) is -0.162. The van der Waals surface area contributed by atoms with Crippen molar-refractivity contribution in [3.05, 3.63) is 41.7 Å². The average molecular weight is 413 g/mol. The van der Waals surface area contributed by atoms with E-state index < -0.39 is 5.54 Å². The summed E-state index contributed by atoms with van der Waals surface area (Å²) >= 11 is 0. The number of carbonyl (C=O) groups excluding carboxylic acids is 2. The molecule has 3 fully saturated rings. The predicted molar refractivity (Wildman–Crippen MR) is 114 cm³/mol. The molecule has 7 heteroatoms. The smallest absolute Gasteiger partial charge is 0.325 e. The minimum Gasteiger partial charge on any atom is -0.376 e. The molecule has 30 heavy (non-hydrogen) atoms. The highest BCUT2D eigenvalue weighted by Gasteiger charge is 2.58. The zero-order valence-corrected chi connectivity index (χ0v) is 18.0. The van der Waals surface area contributed by atoms with E-state index in [-0.39, 0.29) is 24.0 Å². The standard InChI is InChI=1S/C23H32N4O3/c1-3-17(2)15-26-12-9-18(10-13-26)23(20-8-4-5-11-24-20)21(28)27(22(29)25-23)16-19-7-6-14-30-19/h3-5,8,11,18-19H,6-7,9-10,12-16H2,1-2H3,(H,25,29)/b17-3+/t19-,23+/m0/s1. The van der Waals surface area contributed by atoms with Gasteiger partial charge in [0.1, 0.15) is 0 Å². The first-order chi connectivity index (χ1) is 14.5. The normalized spacial score (nSPS) is 28.9. The van der Waals surface area contributed by atoms with Crippen LogP contribution in [0.5, 0.6) is 0 Å². The van der Waals surface area contributed by atoms with Crippen LogP contribution in [0.15, 0.2) is 36.0 Å². The molecule has 0 bridgehead atoms. The third-order valence-electron chi connectivity index (χ3n) is 6.78. The van der Waals surface area contributed by atoms with E-state index in [2.05, 4.69) is 35.1 Å². The van der Waals surface area contributed by atoms with E-state index >= 15 is 0 Å². The lowest BCUT2D eigenvalue weighted by Crippen LogP contribution is -2.54. The number of allylic oxidation sites excluding steroid dienone is 1. The molecule has 3 amide bonds. The van der Waals surface area contributed by atoms with E-state index in [1.165, 1.54) is 10.5 Å². The first-order valence-corrected chi connectivity index (χ1v) is 11.1. The number of piperidine rings is 1. The van der Waals surface area contributed by atoms with Crippen LogP contribution >= 0.6 is 0 Å². The number of rotatable bonds is 6. The van der Waals surface area contributed by atoms with Gasteiger partial charge in [-0.1, -0.05) is 17.7 Å². The molecule has 0 unspecified atom stereocenters. The number of nitrogens with zero attached hydrogens (tertiary/aromatic N) is 3. The fourth-order valence-electron chi connectivity index (χ4n) is 4.98. The molecule has 4 rings (SSSR count). The number of amides is 3. The highest BCUT2D eigenvalue weighted by Crippen LogP contribution is 2.41. The summed E-state index contributed by atoms with van der Waals surface area (Å²) in [7, 11) is 0. The lowest BCUT2D eigenvalue weighted by molar-refractivity contribution is -0.135. The third kappa shape index (κ3) is 3.88. The summed E-state index contributed by atoms with van der Waals surface area (Å²) in [6, 6.07) is 5.26. The maximum Gasteiger partial charge on any atom is 0.325 e. The summed E-state index contributed by atoms with van der Waals surface area (Å²) in [6.45, 7) is 7.98. The van der Waals surface area contributed by atoms with Crippen molar-refractivity contribution in [2.45, 2.75) is 51.2 Å². The molecule has 3 aliphatic rings. The fourth-order valence-corrected chi connectivity index (χ4v) is 4.98. The van der Waals surface area contributed by atoms with E-state index in [0.29, 0.717) is 18.8 Å². The van der Waals surface area contributed by atoms with Crippen molar-refractivity contribution in [3.63, 3.8) is 0 Å². The second-order valence-electron chi connectivity index (χ2n) is 8.69. The Labute approximate surface area is 178 Å². The summed E-state index contributed by atoms with van der Waals surface area (Å²) in [6.07, 6.45) is 7.32. The van der Waals surface area contributed by atoms with Gasteiger partial charge in [0, 0.05) is 19.3 Å². The molecule has 0 radical (unpaired) electrons. The molecule has 7 nitrogen and oxygen atoms in total. The van der Waals surface area contributed by atoms with Crippen molar-refractivity contribution in [2.24, 2.45) is 5.92 Å². The van der Waals surface area contributed by atoms with Crippen molar-refractivity contribution in [1.29, 1.82) is 0 Å². The molecule has 1 N–H and O–H groups in total. The quantitative estimate of drug-likeness (QED) is 0.574. The van der Waals surface area contributed by atoms with Gasteiger partial charge >= 0.3 is 6.03 Å². The van der Waals surface area contributed by atoms with Crippen molar-refractivity contribution >= 4 is 11.9 Å². The Balaban J connectivity index is 1.58. The van der Waals surface area contributed by atoms with E-state index in [1.807, 2.05) is 18.2 Å². The number of ether oxygens (including phenoxy) is 1. The van der Waals surface area contributed by atoms with Crippen LogP contribution in [0.1, 0.15) is 45.2 Å². The number of carbonyl (C=O) groups is 2. The number of hydrogen-bond donors (Lipinski definition) is 1. The lowest BCUT2D eigenvalue weighted by Gasteiger charge is -2.40. The van der Waals surface area contributed by atoms with Crippen LogP contribution in [-0.2, 0) is 15.1 Å². The lowest BCUT2D eigenvalue weighted by atomic mass is 9.75. The number of likely N-dealkylation sites (tertiary alicyclic amines) is 1. The Bertz CT molecular complexity index is 798. The van der Waals surface area contributed by atoms with Gasteiger partial charge in [-0.25, -0.2) is 4.79 Å². The van der Waals surface area contributed by atoms with Crippen LogP contribution < -0.4 is 5.32 Å². The topological polar surface area (TPSA) is 74.8 Å². The molecular formula is C23H32N4O3.